The fourth-order valence-corrected chi connectivity index (χ4v) is 3.53. The van der Waals surface area contributed by atoms with E-state index in [1.54, 1.807) is 6.07 Å². The number of nitrogens with zero attached hydrogens (tertiary/aromatic N) is 2. The lowest BCUT2D eigenvalue weighted by Crippen LogP contribution is -2.42. The Kier molecular flexibility index (Phi) is 4.24. The quantitative estimate of drug-likeness (QED) is 0.751. The van der Waals surface area contributed by atoms with Gasteiger partial charge in [0.2, 0.25) is 0 Å². The number of amides is 1. The van der Waals surface area contributed by atoms with Gasteiger partial charge < -0.3 is 19.6 Å². The van der Waals surface area contributed by atoms with Crippen LogP contribution in [0.4, 0.5) is 0 Å². The van der Waals surface area contributed by atoms with Gasteiger partial charge in [0.05, 0.1) is 22.3 Å². The van der Waals surface area contributed by atoms with Crippen molar-refractivity contribution in [3.05, 3.63) is 34.9 Å². The summed E-state index contributed by atoms with van der Waals surface area (Å²) < 4.78 is 11.0. The molecule has 7 nitrogen and oxygen atoms in total. The number of aromatic nitrogens is 2. The Bertz CT molecular complexity index is 967. The number of hydrogen-bond donors (Lipinski definition) is 2. The number of aryl methyl sites for hydroxylation is 3. The molecule has 3 aromatic heterocycles. The van der Waals surface area contributed by atoms with Crippen molar-refractivity contribution in [2.24, 2.45) is 0 Å². The van der Waals surface area contributed by atoms with Gasteiger partial charge in [-0.2, -0.15) is 0 Å². The van der Waals surface area contributed by atoms with Gasteiger partial charge in [0.15, 0.2) is 0 Å². The monoisotopic (exact) mass is 354 g/mol. The van der Waals surface area contributed by atoms with Gasteiger partial charge in [-0.3, -0.25) is 4.79 Å². The molecule has 1 fully saturated rings. The van der Waals surface area contributed by atoms with Crippen LogP contribution in [0.1, 0.15) is 40.4 Å². The van der Waals surface area contributed by atoms with Crippen LogP contribution in [0, 0.1) is 20.8 Å². The van der Waals surface area contributed by atoms with Gasteiger partial charge in [-0.25, -0.2) is 4.98 Å². The van der Waals surface area contributed by atoms with Crippen molar-refractivity contribution in [1.82, 2.24) is 20.8 Å². The van der Waals surface area contributed by atoms with E-state index in [2.05, 4.69) is 20.8 Å². The van der Waals surface area contributed by atoms with Crippen LogP contribution < -0.4 is 10.6 Å². The molecule has 1 aliphatic rings. The molecule has 1 saturated heterocycles. The third kappa shape index (κ3) is 2.99. The minimum absolute atomic E-state index is 0.116. The van der Waals surface area contributed by atoms with E-state index < -0.39 is 0 Å². The molecule has 136 valence electrons. The summed E-state index contributed by atoms with van der Waals surface area (Å²) in [6.07, 6.45) is 1.85. The van der Waals surface area contributed by atoms with Crippen molar-refractivity contribution in [2.75, 3.05) is 13.1 Å². The highest BCUT2D eigenvalue weighted by Gasteiger charge is 2.23. The highest BCUT2D eigenvalue weighted by molar-refractivity contribution is 6.07. The average molecular weight is 354 g/mol. The molecule has 7 heteroatoms. The van der Waals surface area contributed by atoms with Crippen molar-refractivity contribution >= 4 is 17.0 Å². The van der Waals surface area contributed by atoms with E-state index >= 15 is 0 Å². The topological polar surface area (TPSA) is 93.2 Å². The summed E-state index contributed by atoms with van der Waals surface area (Å²) in [7, 11) is 0. The van der Waals surface area contributed by atoms with Crippen LogP contribution in [0.15, 0.2) is 21.1 Å². The number of nitrogens with one attached hydrogen (secondary N) is 2. The molecule has 4 rings (SSSR count). The van der Waals surface area contributed by atoms with Crippen LogP contribution in [0.3, 0.4) is 0 Å². The molecule has 0 bridgehead atoms. The van der Waals surface area contributed by atoms with Gasteiger partial charge in [0, 0.05) is 11.6 Å². The zero-order valence-electron chi connectivity index (χ0n) is 15.2. The minimum atomic E-state index is -0.116. The summed E-state index contributed by atoms with van der Waals surface area (Å²) in [5, 5.41) is 11.1. The molecule has 0 radical (unpaired) electrons. The van der Waals surface area contributed by atoms with Crippen LogP contribution in [-0.2, 0) is 0 Å². The number of carbonyl (C=O) groups is 1. The molecule has 1 amide bonds. The number of fused-ring (bicyclic) bond motifs is 1. The van der Waals surface area contributed by atoms with E-state index in [0.717, 1.165) is 43.0 Å². The van der Waals surface area contributed by atoms with Crippen molar-refractivity contribution in [3.63, 3.8) is 0 Å². The second kappa shape index (κ2) is 6.57. The molecule has 0 aliphatic carbocycles. The highest BCUT2D eigenvalue weighted by Crippen LogP contribution is 2.30. The minimum Gasteiger partial charge on any atom is -0.466 e. The predicted octanol–water partition coefficient (Wildman–Crippen LogP) is 2.89. The van der Waals surface area contributed by atoms with Crippen molar-refractivity contribution in [1.29, 1.82) is 0 Å². The van der Waals surface area contributed by atoms with E-state index in [1.807, 2.05) is 26.8 Å². The Morgan fingerprint density at radius 3 is 2.69 bits per heavy atom. The van der Waals surface area contributed by atoms with E-state index in [1.165, 1.54) is 0 Å². The highest BCUT2D eigenvalue weighted by atomic mass is 16.5. The van der Waals surface area contributed by atoms with E-state index in [-0.39, 0.29) is 11.9 Å². The molecule has 0 spiro atoms. The first-order chi connectivity index (χ1) is 12.5. The van der Waals surface area contributed by atoms with Gasteiger partial charge in [-0.05, 0) is 58.8 Å². The molecule has 0 aromatic carbocycles. The maximum absolute atomic E-state index is 13.0. The normalized spacial score (nSPS) is 15.5. The molecule has 2 N–H and O–H groups in total. The molecule has 0 unspecified atom stereocenters. The largest absolute Gasteiger partial charge is 0.466 e. The molecular weight excluding hydrogens is 332 g/mol. The Balaban J connectivity index is 1.77. The van der Waals surface area contributed by atoms with Crippen LogP contribution in [0.2, 0.25) is 0 Å². The Labute approximate surface area is 151 Å². The average Bonchev–Trinajstić information content (AvgIpc) is 3.17. The summed E-state index contributed by atoms with van der Waals surface area (Å²) >= 11 is 0. The Hall–Kier alpha value is -2.67. The summed E-state index contributed by atoms with van der Waals surface area (Å²) in [5.41, 5.74) is 3.08. The van der Waals surface area contributed by atoms with Crippen LogP contribution in [0.25, 0.3) is 22.4 Å². The number of hydrogen-bond acceptors (Lipinski definition) is 6. The first-order valence-electron chi connectivity index (χ1n) is 8.89. The van der Waals surface area contributed by atoms with Crippen LogP contribution >= 0.6 is 0 Å². The number of carbonyl (C=O) groups excluding carboxylic acids is 1. The Morgan fingerprint density at radius 2 is 2.00 bits per heavy atom. The summed E-state index contributed by atoms with van der Waals surface area (Å²) in [6, 6.07) is 3.90. The van der Waals surface area contributed by atoms with E-state index in [9.17, 15) is 4.79 Å². The predicted molar refractivity (Wildman–Crippen MR) is 97.1 cm³/mol. The lowest BCUT2D eigenvalue weighted by molar-refractivity contribution is 0.0931. The molecule has 4 heterocycles. The Morgan fingerprint density at radius 1 is 1.23 bits per heavy atom. The second-order valence-electron chi connectivity index (χ2n) is 6.83. The fraction of sp³-hybridized carbons (Fsp3) is 0.421. The third-order valence-electron chi connectivity index (χ3n) is 4.85. The van der Waals surface area contributed by atoms with Gasteiger partial charge in [-0.15, -0.1) is 0 Å². The SMILES string of the molecule is Cc1cc(-c2cc(C(=O)NC3CCNCC3)c3c(C)noc3n2)c(C)o1. The van der Waals surface area contributed by atoms with Crippen LogP contribution in [-0.4, -0.2) is 35.2 Å². The number of furan rings is 1. The number of pyridine rings is 1. The maximum Gasteiger partial charge on any atom is 0.259 e. The van der Waals surface area contributed by atoms with Gasteiger partial charge in [0.25, 0.3) is 11.6 Å². The molecule has 1 aliphatic heterocycles. The maximum atomic E-state index is 13.0. The van der Waals surface area contributed by atoms with Crippen molar-refractivity contribution in [2.45, 2.75) is 39.7 Å². The van der Waals surface area contributed by atoms with Crippen molar-refractivity contribution in [3.8, 4) is 11.3 Å². The lowest BCUT2D eigenvalue weighted by atomic mass is 10.0. The third-order valence-corrected chi connectivity index (χ3v) is 4.85. The molecule has 0 saturated carbocycles. The molecular formula is C19H22N4O3. The fourth-order valence-electron chi connectivity index (χ4n) is 3.53. The van der Waals surface area contributed by atoms with Crippen molar-refractivity contribution < 1.29 is 13.7 Å². The molecule has 26 heavy (non-hydrogen) atoms. The van der Waals surface area contributed by atoms with Gasteiger partial charge >= 0.3 is 0 Å². The standard InChI is InChI=1S/C19H22N4O3/c1-10-8-14(12(3)25-10)16-9-15(17-11(2)23-26-19(17)22-16)18(24)21-13-4-6-20-7-5-13/h8-9,13,20H,4-7H2,1-3H3,(H,21,24). The number of rotatable bonds is 3. The second-order valence-corrected chi connectivity index (χ2v) is 6.83. The summed E-state index contributed by atoms with van der Waals surface area (Å²) in [5.74, 6) is 1.44. The van der Waals surface area contributed by atoms with E-state index in [4.69, 9.17) is 8.94 Å². The summed E-state index contributed by atoms with van der Waals surface area (Å²) in [4.78, 5) is 17.5. The zero-order valence-corrected chi connectivity index (χ0v) is 15.2. The summed E-state index contributed by atoms with van der Waals surface area (Å²) in [6.45, 7) is 7.43. The lowest BCUT2D eigenvalue weighted by Gasteiger charge is -2.23. The van der Waals surface area contributed by atoms with E-state index in [0.29, 0.717) is 28.1 Å². The number of piperidine rings is 1. The molecule has 3 aromatic rings. The van der Waals surface area contributed by atoms with Gasteiger partial charge in [-0.1, -0.05) is 5.16 Å². The smallest absolute Gasteiger partial charge is 0.259 e. The first kappa shape index (κ1) is 16.8. The molecule has 0 atom stereocenters. The van der Waals surface area contributed by atoms with Gasteiger partial charge in [0.1, 0.15) is 11.5 Å². The van der Waals surface area contributed by atoms with Crippen LogP contribution in [0.5, 0.6) is 0 Å². The first-order valence-corrected chi connectivity index (χ1v) is 8.89. The zero-order chi connectivity index (χ0) is 18.3.